The summed E-state index contributed by atoms with van der Waals surface area (Å²) in [6.45, 7) is 4.49. The second-order valence-electron chi connectivity index (χ2n) is 2.89. The van der Waals surface area contributed by atoms with Gasteiger partial charge >= 0.3 is 78.0 Å². The molecular weight excluding hydrogens is 357 g/mol. The van der Waals surface area contributed by atoms with Gasteiger partial charge in [0.25, 0.3) is 0 Å². The van der Waals surface area contributed by atoms with Crippen LogP contribution in [0, 0.1) is 0 Å². The summed E-state index contributed by atoms with van der Waals surface area (Å²) < 4.78 is 1.70. The summed E-state index contributed by atoms with van der Waals surface area (Å²) >= 11 is 1.26. The van der Waals surface area contributed by atoms with E-state index < -0.39 is 0 Å². The van der Waals surface area contributed by atoms with Crippen LogP contribution < -0.4 is 0 Å². The predicted octanol–water partition coefficient (Wildman–Crippen LogP) is 3.78. The van der Waals surface area contributed by atoms with Crippen molar-refractivity contribution in [3.63, 3.8) is 0 Å². The molecule has 0 heterocycles. The summed E-state index contributed by atoms with van der Waals surface area (Å²) in [5.74, 6) is 0. The third-order valence-corrected chi connectivity index (χ3v) is 3.92. The normalized spacial score (nSPS) is 14.9. The fourth-order valence-corrected chi connectivity index (χ4v) is 2.37. The fourth-order valence-electron chi connectivity index (χ4n) is 1.29. The molecule has 0 nitrogen and oxygen atoms in total. The Morgan fingerprint density at radius 1 is 1.42 bits per heavy atom. The average Bonchev–Trinajstić information content (AvgIpc) is 2.14. The maximum Gasteiger partial charge on any atom is -0.147 e. The quantitative estimate of drug-likeness (QED) is 0.647. The molecule has 0 atom stereocenters. The van der Waals surface area contributed by atoms with Crippen molar-refractivity contribution in [3.8, 4) is 0 Å². The van der Waals surface area contributed by atoms with E-state index in [9.17, 15) is 0 Å². The van der Waals surface area contributed by atoms with Crippen molar-refractivity contribution < 1.29 is 24.4 Å². The van der Waals surface area contributed by atoms with Crippen molar-refractivity contribution >= 4 is 24.8 Å². The van der Waals surface area contributed by atoms with Crippen molar-refractivity contribution in [1.29, 1.82) is 0 Å². The average molecular weight is 373 g/mol. The van der Waals surface area contributed by atoms with E-state index in [4.69, 9.17) is 0 Å². The number of hydrogen-bond acceptors (Lipinski definition) is 0. The molecule has 0 radical (unpaired) electrons. The molecule has 12 heavy (non-hydrogen) atoms. The van der Waals surface area contributed by atoms with Crippen molar-refractivity contribution in [2.24, 2.45) is 0 Å². The van der Waals surface area contributed by atoms with E-state index in [-0.39, 0.29) is 24.8 Å². The van der Waals surface area contributed by atoms with Crippen molar-refractivity contribution in [1.82, 2.24) is 0 Å². The van der Waals surface area contributed by atoms with Crippen LogP contribution in [0.25, 0.3) is 0 Å². The third-order valence-electron chi connectivity index (χ3n) is 1.87. The van der Waals surface area contributed by atoms with Gasteiger partial charge in [-0.1, -0.05) is 0 Å². The van der Waals surface area contributed by atoms with Gasteiger partial charge in [0.1, 0.15) is 0 Å². The molecule has 0 spiro atoms. The Balaban J connectivity index is 0. The van der Waals surface area contributed by atoms with Gasteiger partial charge in [0.05, 0.1) is 0 Å². The summed E-state index contributed by atoms with van der Waals surface area (Å²) in [4.78, 5) is 0. The Kier molecular flexibility index (Phi) is 9.43. The molecule has 0 aromatic heterocycles. The molecule has 0 unspecified atom stereocenters. The Bertz CT molecular complexity index is 195. The van der Waals surface area contributed by atoms with Gasteiger partial charge in [0, 0.05) is 0 Å². The van der Waals surface area contributed by atoms with E-state index in [1.54, 1.807) is 14.5 Å². The molecule has 69 valence electrons. The zero-order valence-corrected chi connectivity index (χ0v) is 12.7. The van der Waals surface area contributed by atoms with Gasteiger partial charge in [-0.2, -0.15) is 0 Å². The molecule has 0 bridgehead atoms. The van der Waals surface area contributed by atoms with Gasteiger partial charge in [-0.05, 0) is 0 Å². The monoisotopic (exact) mass is 373 g/mol. The van der Waals surface area contributed by atoms with Crippen LogP contribution >= 0.6 is 24.8 Å². The molecule has 0 aromatic rings. The van der Waals surface area contributed by atoms with Crippen LogP contribution in [0.4, 0.5) is 0 Å². The Labute approximate surface area is 102 Å². The SMILES string of the molecule is CCCC1=CC(C)=[C]([Hf])C1.Cl.Cl. The summed E-state index contributed by atoms with van der Waals surface area (Å²) in [7, 11) is 0. The van der Waals surface area contributed by atoms with Gasteiger partial charge in [-0.3, -0.25) is 0 Å². The summed E-state index contributed by atoms with van der Waals surface area (Å²) in [5.41, 5.74) is 3.21. The van der Waals surface area contributed by atoms with E-state index in [1.807, 2.05) is 0 Å². The van der Waals surface area contributed by atoms with Gasteiger partial charge in [0.2, 0.25) is 0 Å². The van der Waals surface area contributed by atoms with E-state index in [0.29, 0.717) is 0 Å². The first-order valence-corrected chi connectivity index (χ1v) is 5.64. The number of halogens is 2. The molecule has 1 aliphatic rings. The topological polar surface area (TPSA) is 0 Å². The summed E-state index contributed by atoms with van der Waals surface area (Å²) in [6.07, 6.45) is 6.29. The maximum absolute atomic E-state index is 2.38. The second kappa shape index (κ2) is 7.34. The zero-order valence-electron chi connectivity index (χ0n) is 7.52. The molecule has 1 aliphatic carbocycles. The van der Waals surface area contributed by atoms with E-state index in [0.717, 1.165) is 0 Å². The van der Waals surface area contributed by atoms with Crippen molar-refractivity contribution in [2.45, 2.75) is 33.1 Å². The van der Waals surface area contributed by atoms with Gasteiger partial charge < -0.3 is 0 Å². The van der Waals surface area contributed by atoms with Crippen LogP contribution in [-0.4, -0.2) is 0 Å². The minimum atomic E-state index is 0. The second-order valence-corrected chi connectivity index (χ2v) is 5.06. The molecule has 0 amide bonds. The molecular formula is C9H15Cl2Hf. The first-order valence-electron chi connectivity index (χ1n) is 3.85. The number of allylic oxidation sites excluding steroid dienone is 4. The maximum atomic E-state index is 2.38. The summed E-state index contributed by atoms with van der Waals surface area (Å²) in [5, 5.41) is 0. The Hall–Kier alpha value is 0.930. The van der Waals surface area contributed by atoms with Crippen molar-refractivity contribution in [2.75, 3.05) is 0 Å². The molecule has 1 rings (SSSR count). The standard InChI is InChI=1S/C9H13.2ClH.Hf/c1-3-4-9-6-5-8(2)7-9;;;/h7H,3-4,6H2,1-2H3;2*1H;. The van der Waals surface area contributed by atoms with Crippen LogP contribution in [0.1, 0.15) is 33.1 Å². The van der Waals surface area contributed by atoms with Crippen LogP contribution in [0.5, 0.6) is 0 Å². The molecule has 0 aromatic carbocycles. The Morgan fingerprint density at radius 2 is 2.00 bits per heavy atom. The smallest absolute Gasteiger partial charge is 0.147 e. The Morgan fingerprint density at radius 3 is 2.33 bits per heavy atom. The molecule has 0 aliphatic heterocycles. The van der Waals surface area contributed by atoms with E-state index in [1.165, 1.54) is 43.6 Å². The van der Waals surface area contributed by atoms with E-state index >= 15 is 0 Å². The molecule has 0 N–H and O–H groups in total. The van der Waals surface area contributed by atoms with Gasteiger partial charge in [-0.25, -0.2) is 0 Å². The molecule has 3 heteroatoms. The van der Waals surface area contributed by atoms with Crippen LogP contribution in [-0.2, 0) is 24.4 Å². The molecule has 0 saturated carbocycles. The molecule has 0 fully saturated rings. The molecule has 0 saturated heterocycles. The zero-order chi connectivity index (χ0) is 7.56. The predicted molar refractivity (Wildman–Crippen MR) is 54.8 cm³/mol. The minimum Gasteiger partial charge on any atom is -0.147 e. The van der Waals surface area contributed by atoms with E-state index in [2.05, 4.69) is 19.9 Å². The first-order chi connectivity index (χ1) is 4.74. The largest absolute Gasteiger partial charge is 0.147 e. The third kappa shape index (κ3) is 4.25. The number of rotatable bonds is 2. The summed E-state index contributed by atoms with van der Waals surface area (Å²) in [6, 6.07) is 0. The number of hydrogen-bond donors (Lipinski definition) is 0. The minimum absolute atomic E-state index is 0. The van der Waals surface area contributed by atoms with Crippen LogP contribution in [0.2, 0.25) is 0 Å². The van der Waals surface area contributed by atoms with Crippen LogP contribution in [0.3, 0.4) is 0 Å². The van der Waals surface area contributed by atoms with Crippen LogP contribution in [0.15, 0.2) is 20.6 Å². The van der Waals surface area contributed by atoms with Crippen molar-refractivity contribution in [3.05, 3.63) is 20.6 Å². The fraction of sp³-hybridized carbons (Fsp3) is 0.556. The van der Waals surface area contributed by atoms with Gasteiger partial charge in [0.15, 0.2) is 0 Å². The van der Waals surface area contributed by atoms with Gasteiger partial charge in [-0.15, -0.1) is 24.8 Å². The first kappa shape index (κ1) is 15.4.